The van der Waals surface area contributed by atoms with Crippen molar-refractivity contribution in [3.63, 3.8) is 0 Å². The summed E-state index contributed by atoms with van der Waals surface area (Å²) in [5, 5.41) is 9.00. The van der Waals surface area contributed by atoms with Gasteiger partial charge < -0.3 is 15.4 Å². The van der Waals surface area contributed by atoms with Gasteiger partial charge in [-0.05, 0) is 24.3 Å². The summed E-state index contributed by atoms with van der Waals surface area (Å²) in [6, 6.07) is 4.46. The molecule has 1 saturated carbocycles. The van der Waals surface area contributed by atoms with E-state index in [0.29, 0.717) is 6.61 Å². The summed E-state index contributed by atoms with van der Waals surface area (Å²) in [4.78, 5) is 5.81. The molecule has 1 aromatic rings. The van der Waals surface area contributed by atoms with Gasteiger partial charge in [0.1, 0.15) is 0 Å². The molecule has 4 nitrogen and oxygen atoms in total. The third-order valence-electron chi connectivity index (χ3n) is 4.27. The van der Waals surface area contributed by atoms with E-state index in [-0.39, 0.29) is 5.41 Å². The lowest BCUT2D eigenvalue weighted by atomic mass is 9.73. The lowest BCUT2D eigenvalue weighted by Gasteiger charge is -2.37. The number of thiophene rings is 1. The SMILES string of the molecule is CN=C(NCCOC)NCC1(c2cccs2)CCCCC1. The maximum Gasteiger partial charge on any atom is 0.191 e. The van der Waals surface area contributed by atoms with Crippen molar-refractivity contribution < 1.29 is 4.74 Å². The molecular weight excluding hydrogens is 282 g/mol. The molecule has 0 bridgehead atoms. The number of hydrogen-bond donors (Lipinski definition) is 2. The topological polar surface area (TPSA) is 45.7 Å². The number of methoxy groups -OCH3 is 1. The van der Waals surface area contributed by atoms with Gasteiger partial charge in [-0.15, -0.1) is 11.3 Å². The first-order valence-electron chi connectivity index (χ1n) is 7.78. The molecule has 0 aliphatic heterocycles. The molecule has 118 valence electrons. The fraction of sp³-hybridized carbons (Fsp3) is 0.688. The minimum atomic E-state index is 0.283. The average molecular weight is 309 g/mol. The van der Waals surface area contributed by atoms with Gasteiger partial charge in [0, 0.05) is 37.5 Å². The van der Waals surface area contributed by atoms with Crippen LogP contribution < -0.4 is 10.6 Å². The molecule has 1 aromatic heterocycles. The Bertz CT molecular complexity index is 425. The number of nitrogens with one attached hydrogen (secondary N) is 2. The number of rotatable bonds is 6. The summed E-state index contributed by atoms with van der Waals surface area (Å²) in [5.41, 5.74) is 0.283. The van der Waals surface area contributed by atoms with E-state index in [1.807, 2.05) is 18.4 Å². The van der Waals surface area contributed by atoms with Crippen molar-refractivity contribution in [2.45, 2.75) is 37.5 Å². The fourth-order valence-corrected chi connectivity index (χ4v) is 4.05. The van der Waals surface area contributed by atoms with E-state index >= 15 is 0 Å². The molecule has 21 heavy (non-hydrogen) atoms. The normalized spacial score (nSPS) is 18.5. The summed E-state index contributed by atoms with van der Waals surface area (Å²) in [7, 11) is 3.53. The smallest absolute Gasteiger partial charge is 0.191 e. The van der Waals surface area contributed by atoms with Crippen LogP contribution in [0, 0.1) is 0 Å². The van der Waals surface area contributed by atoms with E-state index in [2.05, 4.69) is 33.1 Å². The highest BCUT2D eigenvalue weighted by molar-refractivity contribution is 7.10. The highest BCUT2D eigenvalue weighted by Gasteiger charge is 2.34. The van der Waals surface area contributed by atoms with Gasteiger partial charge in [-0.3, -0.25) is 4.99 Å². The Morgan fingerprint density at radius 2 is 2.14 bits per heavy atom. The number of ether oxygens (including phenoxy) is 1. The Morgan fingerprint density at radius 1 is 1.33 bits per heavy atom. The molecule has 0 aromatic carbocycles. The van der Waals surface area contributed by atoms with E-state index in [1.54, 1.807) is 7.11 Å². The van der Waals surface area contributed by atoms with Gasteiger partial charge in [-0.1, -0.05) is 25.3 Å². The molecule has 0 saturated heterocycles. The molecule has 0 unspecified atom stereocenters. The molecule has 0 amide bonds. The zero-order chi connectivity index (χ0) is 15.0. The maximum absolute atomic E-state index is 5.07. The van der Waals surface area contributed by atoms with E-state index < -0.39 is 0 Å². The van der Waals surface area contributed by atoms with Crippen molar-refractivity contribution in [1.82, 2.24) is 10.6 Å². The van der Waals surface area contributed by atoms with Gasteiger partial charge in [0.2, 0.25) is 0 Å². The monoisotopic (exact) mass is 309 g/mol. The van der Waals surface area contributed by atoms with Crippen LogP contribution in [0.3, 0.4) is 0 Å². The predicted octanol–water partition coefficient (Wildman–Crippen LogP) is 2.76. The van der Waals surface area contributed by atoms with Gasteiger partial charge >= 0.3 is 0 Å². The fourth-order valence-electron chi connectivity index (χ4n) is 3.06. The highest BCUT2D eigenvalue weighted by Crippen LogP contribution is 2.40. The van der Waals surface area contributed by atoms with Gasteiger partial charge in [-0.25, -0.2) is 0 Å². The van der Waals surface area contributed by atoms with E-state index in [0.717, 1.165) is 19.0 Å². The third-order valence-corrected chi connectivity index (χ3v) is 5.39. The van der Waals surface area contributed by atoms with Crippen molar-refractivity contribution in [1.29, 1.82) is 0 Å². The second-order valence-corrected chi connectivity index (χ2v) is 6.61. The standard InChI is InChI=1S/C16H27N3OS/c1-17-15(18-10-11-20-2)19-13-16(8-4-3-5-9-16)14-7-6-12-21-14/h6-7,12H,3-5,8-11,13H2,1-2H3,(H2,17,18,19). The summed E-state index contributed by atoms with van der Waals surface area (Å²) < 4.78 is 5.07. The van der Waals surface area contributed by atoms with E-state index in [4.69, 9.17) is 4.74 Å². The number of aliphatic imine (C=N–C) groups is 1. The Hall–Kier alpha value is -1.07. The van der Waals surface area contributed by atoms with Crippen molar-refractivity contribution in [2.75, 3.05) is 33.9 Å². The van der Waals surface area contributed by atoms with Crippen molar-refractivity contribution in [3.8, 4) is 0 Å². The van der Waals surface area contributed by atoms with Crippen LogP contribution in [0.5, 0.6) is 0 Å². The van der Waals surface area contributed by atoms with Crippen LogP contribution in [0.1, 0.15) is 37.0 Å². The third kappa shape index (κ3) is 4.45. The van der Waals surface area contributed by atoms with Gasteiger partial charge in [0.05, 0.1) is 6.61 Å². The first-order valence-corrected chi connectivity index (χ1v) is 8.66. The molecule has 0 radical (unpaired) electrons. The van der Waals surface area contributed by atoms with Crippen LogP contribution in [-0.2, 0) is 10.2 Å². The van der Waals surface area contributed by atoms with Crippen LogP contribution in [0.15, 0.2) is 22.5 Å². The zero-order valence-corrected chi connectivity index (χ0v) is 14.0. The van der Waals surface area contributed by atoms with Crippen molar-refractivity contribution >= 4 is 17.3 Å². The molecular formula is C16H27N3OS. The second kappa shape index (κ2) is 8.39. The number of nitrogens with zero attached hydrogens (tertiary/aromatic N) is 1. The zero-order valence-electron chi connectivity index (χ0n) is 13.2. The maximum atomic E-state index is 5.07. The molecule has 0 atom stereocenters. The lowest BCUT2D eigenvalue weighted by Crippen LogP contribution is -2.46. The molecule has 1 heterocycles. The molecule has 2 N–H and O–H groups in total. The summed E-state index contributed by atoms with van der Waals surface area (Å²) in [6.45, 7) is 2.43. The Labute approximate surface area is 132 Å². The average Bonchev–Trinajstić information content (AvgIpc) is 3.07. The molecule has 1 aliphatic rings. The van der Waals surface area contributed by atoms with E-state index in [1.165, 1.54) is 37.0 Å². The van der Waals surface area contributed by atoms with Crippen molar-refractivity contribution in [3.05, 3.63) is 22.4 Å². The van der Waals surface area contributed by atoms with Crippen LogP contribution in [0.4, 0.5) is 0 Å². The second-order valence-electron chi connectivity index (χ2n) is 5.66. The number of hydrogen-bond acceptors (Lipinski definition) is 3. The molecule has 1 aliphatic carbocycles. The lowest BCUT2D eigenvalue weighted by molar-refractivity contribution is 0.203. The molecule has 2 rings (SSSR count). The molecule has 1 fully saturated rings. The van der Waals surface area contributed by atoms with Crippen molar-refractivity contribution in [2.24, 2.45) is 4.99 Å². The highest BCUT2D eigenvalue weighted by atomic mass is 32.1. The quantitative estimate of drug-likeness (QED) is 0.482. The Kier molecular flexibility index (Phi) is 6.51. The van der Waals surface area contributed by atoms with Gasteiger partial charge in [-0.2, -0.15) is 0 Å². The summed E-state index contributed by atoms with van der Waals surface area (Å²) >= 11 is 1.89. The minimum absolute atomic E-state index is 0.283. The number of guanidine groups is 1. The predicted molar refractivity (Wildman–Crippen MR) is 90.3 cm³/mol. The first kappa shape index (κ1) is 16.3. The molecule has 5 heteroatoms. The van der Waals surface area contributed by atoms with Gasteiger partial charge in [0.25, 0.3) is 0 Å². The Balaban J connectivity index is 1.96. The minimum Gasteiger partial charge on any atom is -0.383 e. The summed E-state index contributed by atoms with van der Waals surface area (Å²) in [5.74, 6) is 0.869. The van der Waals surface area contributed by atoms with Gasteiger partial charge in [0.15, 0.2) is 5.96 Å². The first-order chi connectivity index (χ1) is 10.3. The summed E-state index contributed by atoms with van der Waals surface area (Å²) in [6.07, 6.45) is 6.57. The van der Waals surface area contributed by atoms with Crippen LogP contribution >= 0.6 is 11.3 Å². The largest absolute Gasteiger partial charge is 0.383 e. The van der Waals surface area contributed by atoms with E-state index in [9.17, 15) is 0 Å². The van der Waals surface area contributed by atoms with Crippen LogP contribution in [0.25, 0.3) is 0 Å². The van der Waals surface area contributed by atoms with Crippen LogP contribution in [0.2, 0.25) is 0 Å². The Morgan fingerprint density at radius 3 is 2.76 bits per heavy atom. The van der Waals surface area contributed by atoms with Crippen LogP contribution in [-0.4, -0.2) is 39.8 Å². The molecule has 0 spiro atoms.